The van der Waals surface area contributed by atoms with Crippen LogP contribution in [0, 0.1) is 11.3 Å². The molecule has 1 heterocycles. The van der Waals surface area contributed by atoms with Crippen molar-refractivity contribution in [2.24, 2.45) is 11.3 Å². The topological polar surface area (TPSA) is 35.5 Å². The lowest BCUT2D eigenvalue weighted by Gasteiger charge is -2.27. The molecular weight excluding hydrogens is 212 g/mol. The zero-order valence-electron chi connectivity index (χ0n) is 11.8. The lowest BCUT2D eigenvalue weighted by atomic mass is 9.88. The molecule has 3 heteroatoms. The van der Waals surface area contributed by atoms with Gasteiger partial charge in [-0.2, -0.15) is 0 Å². The second-order valence-corrected chi connectivity index (χ2v) is 6.07. The molecule has 2 N–H and O–H groups in total. The minimum Gasteiger partial charge on any atom is -0.396 e. The van der Waals surface area contributed by atoms with E-state index in [2.05, 4.69) is 31.0 Å². The Bertz CT molecular complexity index is 198. The first-order valence-electron chi connectivity index (χ1n) is 7.13. The van der Waals surface area contributed by atoms with E-state index in [1.54, 1.807) is 0 Å². The van der Waals surface area contributed by atoms with E-state index in [9.17, 15) is 5.11 Å². The van der Waals surface area contributed by atoms with E-state index in [0.717, 1.165) is 19.5 Å². The third kappa shape index (κ3) is 5.36. The lowest BCUT2D eigenvalue weighted by molar-refractivity contribution is 0.133. The molecule has 0 spiro atoms. The van der Waals surface area contributed by atoms with Crippen molar-refractivity contribution in [3.05, 3.63) is 0 Å². The Hall–Kier alpha value is -0.120. The van der Waals surface area contributed by atoms with Crippen LogP contribution in [0.5, 0.6) is 0 Å². The van der Waals surface area contributed by atoms with Crippen LogP contribution in [-0.2, 0) is 0 Å². The molecule has 1 rings (SSSR count). The predicted molar refractivity (Wildman–Crippen MR) is 73.2 cm³/mol. The molecule has 0 bridgehead atoms. The van der Waals surface area contributed by atoms with Crippen LogP contribution in [-0.4, -0.2) is 49.3 Å². The largest absolute Gasteiger partial charge is 0.396 e. The van der Waals surface area contributed by atoms with Crippen LogP contribution in [0.15, 0.2) is 0 Å². The normalized spacial score (nSPS) is 22.6. The van der Waals surface area contributed by atoms with Crippen LogP contribution in [0.2, 0.25) is 0 Å². The van der Waals surface area contributed by atoms with Gasteiger partial charge in [-0.05, 0) is 44.8 Å². The zero-order chi connectivity index (χ0) is 12.7. The number of aliphatic hydroxyl groups excluding tert-OH is 1. The average Bonchev–Trinajstić information content (AvgIpc) is 2.81. The van der Waals surface area contributed by atoms with Gasteiger partial charge in [0.1, 0.15) is 0 Å². The smallest absolute Gasteiger partial charge is 0.0496 e. The first kappa shape index (κ1) is 14.9. The summed E-state index contributed by atoms with van der Waals surface area (Å²) in [5, 5.41) is 12.8. The summed E-state index contributed by atoms with van der Waals surface area (Å²) in [6.45, 7) is 12.6. The molecule has 2 unspecified atom stereocenters. The molecule has 17 heavy (non-hydrogen) atoms. The fraction of sp³-hybridized carbons (Fsp3) is 1.00. The molecule has 1 saturated heterocycles. The van der Waals surface area contributed by atoms with Crippen molar-refractivity contribution in [3.63, 3.8) is 0 Å². The van der Waals surface area contributed by atoms with Crippen LogP contribution in [0.1, 0.15) is 40.0 Å². The van der Waals surface area contributed by atoms with Crippen molar-refractivity contribution in [1.29, 1.82) is 0 Å². The highest BCUT2D eigenvalue weighted by atomic mass is 16.3. The van der Waals surface area contributed by atoms with Gasteiger partial charge in [-0.3, -0.25) is 0 Å². The summed E-state index contributed by atoms with van der Waals surface area (Å²) in [7, 11) is 0. The van der Waals surface area contributed by atoms with Gasteiger partial charge in [0.15, 0.2) is 0 Å². The summed E-state index contributed by atoms with van der Waals surface area (Å²) in [6.07, 6.45) is 3.77. The predicted octanol–water partition coefficient (Wildman–Crippen LogP) is 1.72. The Balaban J connectivity index is 2.12. The highest BCUT2D eigenvalue weighted by Gasteiger charge is 2.21. The molecule has 1 aliphatic heterocycles. The summed E-state index contributed by atoms with van der Waals surface area (Å²) >= 11 is 0. The number of hydrogen-bond acceptors (Lipinski definition) is 3. The van der Waals surface area contributed by atoms with Gasteiger partial charge in [-0.1, -0.05) is 20.8 Å². The molecule has 0 radical (unpaired) electrons. The van der Waals surface area contributed by atoms with Gasteiger partial charge >= 0.3 is 0 Å². The van der Waals surface area contributed by atoms with E-state index >= 15 is 0 Å². The molecule has 0 aromatic carbocycles. The summed E-state index contributed by atoms with van der Waals surface area (Å²) < 4.78 is 0. The minimum absolute atomic E-state index is 0.0490. The monoisotopic (exact) mass is 242 g/mol. The Morgan fingerprint density at radius 2 is 2.00 bits per heavy atom. The Morgan fingerprint density at radius 1 is 1.35 bits per heavy atom. The minimum atomic E-state index is 0.0490. The highest BCUT2D eigenvalue weighted by molar-refractivity contribution is 4.76. The van der Waals surface area contributed by atoms with Gasteiger partial charge in [0.05, 0.1) is 0 Å². The number of nitrogens with zero attached hydrogens (tertiary/aromatic N) is 1. The SMILES string of the molecule is CCC(C)(CO)CNCC(C)CN1CCCC1. The first-order chi connectivity index (χ1) is 8.09. The second kappa shape index (κ2) is 7.34. The molecule has 1 fully saturated rings. The van der Waals surface area contributed by atoms with E-state index in [-0.39, 0.29) is 12.0 Å². The van der Waals surface area contributed by atoms with Crippen LogP contribution in [0.25, 0.3) is 0 Å². The summed E-state index contributed by atoms with van der Waals surface area (Å²) in [5.41, 5.74) is 0.0490. The number of likely N-dealkylation sites (tertiary alicyclic amines) is 1. The molecule has 0 aromatic heterocycles. The van der Waals surface area contributed by atoms with E-state index in [0.29, 0.717) is 5.92 Å². The quantitative estimate of drug-likeness (QED) is 0.680. The Labute approximate surface area is 107 Å². The van der Waals surface area contributed by atoms with Gasteiger partial charge in [0, 0.05) is 25.1 Å². The fourth-order valence-electron chi connectivity index (χ4n) is 2.38. The Kier molecular flexibility index (Phi) is 6.45. The molecule has 3 nitrogen and oxygen atoms in total. The lowest BCUT2D eigenvalue weighted by Crippen LogP contribution is -2.38. The van der Waals surface area contributed by atoms with Gasteiger partial charge in [0.2, 0.25) is 0 Å². The maximum atomic E-state index is 9.33. The summed E-state index contributed by atoms with van der Waals surface area (Å²) in [5.74, 6) is 0.702. The van der Waals surface area contributed by atoms with E-state index in [4.69, 9.17) is 0 Å². The zero-order valence-corrected chi connectivity index (χ0v) is 11.8. The molecular formula is C14H30N2O. The molecule has 0 aliphatic carbocycles. The first-order valence-corrected chi connectivity index (χ1v) is 7.13. The highest BCUT2D eigenvalue weighted by Crippen LogP contribution is 2.18. The number of hydrogen-bond donors (Lipinski definition) is 2. The Morgan fingerprint density at radius 3 is 2.53 bits per heavy atom. The molecule has 0 amide bonds. The fourth-order valence-corrected chi connectivity index (χ4v) is 2.38. The van der Waals surface area contributed by atoms with Crippen LogP contribution >= 0.6 is 0 Å². The van der Waals surface area contributed by atoms with Crippen molar-refractivity contribution in [2.75, 3.05) is 39.3 Å². The van der Waals surface area contributed by atoms with Gasteiger partial charge in [0.25, 0.3) is 0 Å². The van der Waals surface area contributed by atoms with Crippen LogP contribution in [0.4, 0.5) is 0 Å². The number of aliphatic hydroxyl groups is 1. The third-order valence-electron chi connectivity index (χ3n) is 4.05. The maximum Gasteiger partial charge on any atom is 0.0496 e. The van der Waals surface area contributed by atoms with Crippen molar-refractivity contribution in [1.82, 2.24) is 10.2 Å². The van der Waals surface area contributed by atoms with Crippen molar-refractivity contribution in [3.8, 4) is 0 Å². The van der Waals surface area contributed by atoms with E-state index in [1.807, 2.05) is 0 Å². The van der Waals surface area contributed by atoms with Gasteiger partial charge < -0.3 is 15.3 Å². The molecule has 102 valence electrons. The molecule has 0 aromatic rings. The second-order valence-electron chi connectivity index (χ2n) is 6.07. The standard InChI is InChI=1S/C14H30N2O/c1-4-14(3,12-17)11-15-9-13(2)10-16-7-5-6-8-16/h13,15,17H,4-12H2,1-3H3. The summed E-state index contributed by atoms with van der Waals surface area (Å²) in [6, 6.07) is 0. The van der Waals surface area contributed by atoms with Crippen LogP contribution < -0.4 is 5.32 Å². The number of rotatable bonds is 8. The number of nitrogens with one attached hydrogen (secondary N) is 1. The van der Waals surface area contributed by atoms with Crippen molar-refractivity contribution in [2.45, 2.75) is 40.0 Å². The maximum absolute atomic E-state index is 9.33. The van der Waals surface area contributed by atoms with Gasteiger partial charge in [-0.25, -0.2) is 0 Å². The van der Waals surface area contributed by atoms with Gasteiger partial charge in [-0.15, -0.1) is 0 Å². The third-order valence-corrected chi connectivity index (χ3v) is 4.05. The van der Waals surface area contributed by atoms with Crippen molar-refractivity contribution < 1.29 is 5.11 Å². The average molecular weight is 242 g/mol. The summed E-state index contributed by atoms with van der Waals surface area (Å²) in [4.78, 5) is 2.57. The van der Waals surface area contributed by atoms with Crippen LogP contribution in [0.3, 0.4) is 0 Å². The van der Waals surface area contributed by atoms with E-state index < -0.39 is 0 Å². The molecule has 2 atom stereocenters. The molecule has 1 aliphatic rings. The van der Waals surface area contributed by atoms with Crippen molar-refractivity contribution >= 4 is 0 Å². The van der Waals surface area contributed by atoms with E-state index in [1.165, 1.54) is 32.5 Å². The molecule has 0 saturated carbocycles.